The first-order chi connectivity index (χ1) is 12.7. The van der Waals surface area contributed by atoms with Crippen molar-refractivity contribution in [3.8, 4) is 0 Å². The lowest BCUT2D eigenvalue weighted by Gasteiger charge is -2.30. The standard InChI is InChI=1S/C25H50N/c1-3-4-5-6-7-8-9-10-11-12-13-14-15-18-21-26(2)22-24-19-16-17-20-25(24)23-26/h24-25H,3-23H2,1-2H3/q+1/t24-,25-/m1/s1. The maximum atomic E-state index is 2.56. The van der Waals surface area contributed by atoms with Gasteiger partial charge in [-0.2, -0.15) is 0 Å². The zero-order valence-corrected chi connectivity index (χ0v) is 18.5. The van der Waals surface area contributed by atoms with E-state index in [0.29, 0.717) is 0 Å². The van der Waals surface area contributed by atoms with E-state index in [4.69, 9.17) is 0 Å². The van der Waals surface area contributed by atoms with Crippen molar-refractivity contribution >= 4 is 0 Å². The molecule has 2 rings (SSSR count). The zero-order valence-electron chi connectivity index (χ0n) is 18.5. The smallest absolute Gasteiger partial charge is 0.0818 e. The van der Waals surface area contributed by atoms with Gasteiger partial charge in [0, 0.05) is 11.8 Å². The number of hydrogen-bond acceptors (Lipinski definition) is 0. The van der Waals surface area contributed by atoms with Crippen molar-refractivity contribution in [3.05, 3.63) is 0 Å². The van der Waals surface area contributed by atoms with Crippen LogP contribution < -0.4 is 0 Å². The van der Waals surface area contributed by atoms with Crippen molar-refractivity contribution in [1.82, 2.24) is 0 Å². The molecular formula is C25H50N+. The van der Waals surface area contributed by atoms with E-state index in [-0.39, 0.29) is 0 Å². The Balaban J connectivity index is 1.34. The van der Waals surface area contributed by atoms with Gasteiger partial charge in [-0.1, -0.05) is 96.8 Å². The van der Waals surface area contributed by atoms with Gasteiger partial charge in [0.2, 0.25) is 0 Å². The SMILES string of the molecule is CCCCCCCCCCCCCCCC[N+]1(C)C[C@H]2CCCC[C@@H]2C1. The summed E-state index contributed by atoms with van der Waals surface area (Å²) in [5.41, 5.74) is 0. The van der Waals surface area contributed by atoms with Gasteiger partial charge < -0.3 is 4.48 Å². The molecule has 0 spiro atoms. The summed E-state index contributed by atoms with van der Waals surface area (Å²) in [5, 5.41) is 0. The summed E-state index contributed by atoms with van der Waals surface area (Å²) in [5.74, 6) is 2.17. The molecule has 0 bridgehead atoms. The summed E-state index contributed by atoms with van der Waals surface area (Å²) < 4.78 is 1.41. The van der Waals surface area contributed by atoms with Crippen molar-refractivity contribution in [2.45, 2.75) is 122 Å². The molecule has 0 aromatic carbocycles. The van der Waals surface area contributed by atoms with Crippen LogP contribution in [0.3, 0.4) is 0 Å². The Bertz CT molecular complexity index is 323. The molecule has 2 aliphatic rings. The van der Waals surface area contributed by atoms with Crippen molar-refractivity contribution in [2.24, 2.45) is 11.8 Å². The molecule has 1 heterocycles. The van der Waals surface area contributed by atoms with Gasteiger partial charge in [0.1, 0.15) is 0 Å². The molecule has 0 unspecified atom stereocenters. The van der Waals surface area contributed by atoms with E-state index in [9.17, 15) is 0 Å². The van der Waals surface area contributed by atoms with Crippen LogP contribution in [0, 0.1) is 11.8 Å². The van der Waals surface area contributed by atoms with Gasteiger partial charge in [-0.15, -0.1) is 0 Å². The second-order valence-electron chi connectivity index (χ2n) is 10.1. The molecule has 1 heteroatoms. The Hall–Kier alpha value is -0.0400. The fourth-order valence-electron chi connectivity index (χ4n) is 5.84. The van der Waals surface area contributed by atoms with Crippen LogP contribution in [0.5, 0.6) is 0 Å². The molecule has 1 aliphatic heterocycles. The molecule has 1 nitrogen and oxygen atoms in total. The summed E-state index contributed by atoms with van der Waals surface area (Å²) in [6, 6.07) is 0. The van der Waals surface area contributed by atoms with Gasteiger partial charge in [-0.3, -0.25) is 0 Å². The topological polar surface area (TPSA) is 0 Å². The monoisotopic (exact) mass is 364 g/mol. The maximum Gasteiger partial charge on any atom is 0.0818 e. The molecule has 2 fully saturated rings. The predicted molar refractivity (Wildman–Crippen MR) is 117 cm³/mol. The number of nitrogens with zero attached hydrogens (tertiary/aromatic N) is 1. The van der Waals surface area contributed by atoms with E-state index in [1.165, 1.54) is 140 Å². The minimum Gasteiger partial charge on any atom is -0.326 e. The minimum absolute atomic E-state index is 1.08. The van der Waals surface area contributed by atoms with Gasteiger partial charge in [0.25, 0.3) is 0 Å². The van der Waals surface area contributed by atoms with Crippen LogP contribution in [-0.2, 0) is 0 Å². The molecule has 0 radical (unpaired) electrons. The second-order valence-corrected chi connectivity index (χ2v) is 10.1. The Morgan fingerprint density at radius 2 is 0.962 bits per heavy atom. The summed E-state index contributed by atoms with van der Waals surface area (Å²) in [6.45, 7) is 6.77. The molecule has 154 valence electrons. The van der Waals surface area contributed by atoms with Crippen molar-refractivity contribution in [2.75, 3.05) is 26.7 Å². The highest BCUT2D eigenvalue weighted by atomic mass is 15.3. The van der Waals surface area contributed by atoms with E-state index < -0.39 is 0 Å². The Kier molecular flexibility index (Phi) is 11.3. The zero-order chi connectivity index (χ0) is 18.5. The lowest BCUT2D eigenvalue weighted by atomic mass is 9.82. The van der Waals surface area contributed by atoms with Crippen LogP contribution in [0.4, 0.5) is 0 Å². The normalized spacial score (nSPS) is 24.7. The first-order valence-electron chi connectivity index (χ1n) is 12.6. The third-order valence-corrected chi connectivity index (χ3v) is 7.47. The maximum absolute atomic E-state index is 2.56. The highest BCUT2D eigenvalue weighted by molar-refractivity contribution is 4.80. The summed E-state index contributed by atoms with van der Waals surface area (Å²) in [6.07, 6.45) is 26.8. The van der Waals surface area contributed by atoms with Crippen LogP contribution in [0.2, 0.25) is 0 Å². The molecule has 0 N–H and O–H groups in total. The van der Waals surface area contributed by atoms with Gasteiger partial charge >= 0.3 is 0 Å². The molecule has 26 heavy (non-hydrogen) atoms. The fourth-order valence-corrected chi connectivity index (χ4v) is 5.84. The van der Waals surface area contributed by atoms with Gasteiger partial charge in [-0.05, 0) is 25.7 Å². The van der Waals surface area contributed by atoms with E-state index in [1.807, 2.05) is 0 Å². The molecule has 1 saturated heterocycles. The Morgan fingerprint density at radius 1 is 0.577 bits per heavy atom. The van der Waals surface area contributed by atoms with Gasteiger partial charge in [0.05, 0.1) is 26.7 Å². The predicted octanol–water partition coefficient (Wildman–Crippen LogP) is 7.73. The highest BCUT2D eigenvalue weighted by Crippen LogP contribution is 2.39. The average molecular weight is 365 g/mol. The lowest BCUT2D eigenvalue weighted by molar-refractivity contribution is -0.900. The lowest BCUT2D eigenvalue weighted by Crippen LogP contribution is -2.42. The fraction of sp³-hybridized carbons (Fsp3) is 1.00. The summed E-state index contributed by atoms with van der Waals surface area (Å²) in [4.78, 5) is 0. The third kappa shape index (κ3) is 8.77. The number of likely N-dealkylation sites (tertiary alicyclic amines) is 1. The third-order valence-electron chi connectivity index (χ3n) is 7.47. The van der Waals surface area contributed by atoms with Crippen molar-refractivity contribution in [3.63, 3.8) is 0 Å². The quantitative estimate of drug-likeness (QED) is 0.206. The van der Waals surface area contributed by atoms with Gasteiger partial charge in [0.15, 0.2) is 0 Å². The molecule has 1 saturated carbocycles. The minimum atomic E-state index is 1.08. The largest absolute Gasteiger partial charge is 0.326 e. The second kappa shape index (κ2) is 13.2. The molecular weight excluding hydrogens is 314 g/mol. The Morgan fingerprint density at radius 3 is 1.38 bits per heavy atom. The van der Waals surface area contributed by atoms with Gasteiger partial charge in [-0.25, -0.2) is 0 Å². The number of hydrogen-bond donors (Lipinski definition) is 0. The van der Waals surface area contributed by atoms with E-state index in [2.05, 4.69) is 14.0 Å². The summed E-state index contributed by atoms with van der Waals surface area (Å²) >= 11 is 0. The van der Waals surface area contributed by atoms with Crippen LogP contribution in [-0.4, -0.2) is 31.2 Å². The first-order valence-corrected chi connectivity index (χ1v) is 12.6. The number of quaternary nitrogens is 1. The average Bonchev–Trinajstić information content (AvgIpc) is 2.98. The number of rotatable bonds is 15. The first kappa shape index (κ1) is 22.3. The molecule has 0 aromatic rings. The van der Waals surface area contributed by atoms with Crippen LogP contribution in [0.25, 0.3) is 0 Å². The molecule has 2 atom stereocenters. The van der Waals surface area contributed by atoms with Crippen LogP contribution >= 0.6 is 0 Å². The number of fused-ring (bicyclic) bond motifs is 1. The van der Waals surface area contributed by atoms with E-state index >= 15 is 0 Å². The molecule has 0 aromatic heterocycles. The number of unbranched alkanes of at least 4 members (excludes halogenated alkanes) is 13. The van der Waals surface area contributed by atoms with Crippen molar-refractivity contribution in [1.29, 1.82) is 0 Å². The van der Waals surface area contributed by atoms with Crippen LogP contribution in [0.15, 0.2) is 0 Å². The highest BCUT2D eigenvalue weighted by Gasteiger charge is 2.42. The molecule has 0 amide bonds. The van der Waals surface area contributed by atoms with E-state index in [0.717, 1.165) is 11.8 Å². The summed E-state index contributed by atoms with van der Waals surface area (Å²) in [7, 11) is 2.56. The van der Waals surface area contributed by atoms with Crippen molar-refractivity contribution < 1.29 is 4.48 Å². The van der Waals surface area contributed by atoms with Crippen LogP contribution in [0.1, 0.15) is 122 Å². The Labute approximate surface area is 165 Å². The molecule has 1 aliphatic carbocycles. The van der Waals surface area contributed by atoms with E-state index in [1.54, 1.807) is 0 Å².